The van der Waals surface area contributed by atoms with Gasteiger partial charge < -0.3 is 15.7 Å². The molecule has 1 atom stereocenters. The number of sulfone groups is 1. The second-order valence-electron chi connectivity index (χ2n) is 7.42. The second kappa shape index (κ2) is 10.6. The van der Waals surface area contributed by atoms with E-state index >= 15 is 0 Å². The van der Waals surface area contributed by atoms with Crippen molar-refractivity contribution in [2.75, 3.05) is 11.9 Å². The SMILES string of the molecule is C[C@H](NC(=O)Nc1ccc(S(=O)(=O)Cc2ccc(CCO)cc2)cc1)c1ccccc1Cl. The Labute approximate surface area is 193 Å². The van der Waals surface area contributed by atoms with Crippen LogP contribution in [0.15, 0.2) is 77.7 Å². The number of hydrogen-bond acceptors (Lipinski definition) is 4. The van der Waals surface area contributed by atoms with E-state index in [4.69, 9.17) is 16.7 Å². The van der Waals surface area contributed by atoms with Crippen molar-refractivity contribution in [3.05, 3.63) is 94.5 Å². The van der Waals surface area contributed by atoms with Crippen molar-refractivity contribution in [1.82, 2.24) is 5.32 Å². The standard InChI is InChI=1S/C24H25ClN2O4S/c1-17(22-4-2-3-5-23(22)25)26-24(29)27-20-10-12-21(13-11-20)32(30,31)16-19-8-6-18(7-9-19)14-15-28/h2-13,17,28H,14-16H2,1H3,(H2,26,27,29)/t17-/m0/s1. The molecule has 6 nitrogen and oxygen atoms in total. The first kappa shape index (κ1) is 23.8. The molecule has 0 spiro atoms. The molecule has 0 fully saturated rings. The normalized spacial score (nSPS) is 12.2. The zero-order valence-electron chi connectivity index (χ0n) is 17.6. The van der Waals surface area contributed by atoms with Crippen molar-refractivity contribution >= 4 is 33.2 Å². The largest absolute Gasteiger partial charge is 0.396 e. The first-order valence-corrected chi connectivity index (χ1v) is 12.1. The van der Waals surface area contributed by atoms with Gasteiger partial charge >= 0.3 is 6.03 Å². The molecule has 2 amide bonds. The number of amides is 2. The van der Waals surface area contributed by atoms with Crippen LogP contribution in [0.3, 0.4) is 0 Å². The second-order valence-corrected chi connectivity index (χ2v) is 9.81. The van der Waals surface area contributed by atoms with E-state index in [-0.39, 0.29) is 23.3 Å². The van der Waals surface area contributed by atoms with Crippen molar-refractivity contribution in [2.45, 2.75) is 30.0 Å². The van der Waals surface area contributed by atoms with Crippen LogP contribution in [-0.4, -0.2) is 26.2 Å². The Balaban J connectivity index is 1.61. The zero-order chi connectivity index (χ0) is 23.1. The molecule has 0 unspecified atom stereocenters. The van der Waals surface area contributed by atoms with E-state index in [1.54, 1.807) is 30.3 Å². The molecule has 0 radical (unpaired) electrons. The summed E-state index contributed by atoms with van der Waals surface area (Å²) >= 11 is 6.16. The molecule has 0 heterocycles. The molecule has 8 heteroatoms. The number of carbonyl (C=O) groups excluding carboxylic acids is 1. The molecule has 168 valence electrons. The third-order valence-corrected chi connectivity index (χ3v) is 7.02. The Kier molecular flexibility index (Phi) is 7.90. The van der Waals surface area contributed by atoms with Gasteiger partial charge in [-0.1, -0.05) is 54.1 Å². The van der Waals surface area contributed by atoms with Crippen LogP contribution in [0, 0.1) is 0 Å². The van der Waals surface area contributed by atoms with Crippen LogP contribution >= 0.6 is 11.6 Å². The molecule has 0 aromatic heterocycles. The van der Waals surface area contributed by atoms with Gasteiger partial charge in [0.2, 0.25) is 0 Å². The summed E-state index contributed by atoms with van der Waals surface area (Å²) in [6.45, 7) is 1.88. The quantitative estimate of drug-likeness (QED) is 0.441. The predicted octanol–water partition coefficient (Wildman–Crippen LogP) is 4.73. The molecule has 32 heavy (non-hydrogen) atoms. The number of benzene rings is 3. The van der Waals surface area contributed by atoms with E-state index in [9.17, 15) is 13.2 Å². The van der Waals surface area contributed by atoms with Crippen LogP contribution < -0.4 is 10.6 Å². The van der Waals surface area contributed by atoms with Crippen LogP contribution in [0.1, 0.15) is 29.7 Å². The maximum absolute atomic E-state index is 12.7. The monoisotopic (exact) mass is 472 g/mol. The zero-order valence-corrected chi connectivity index (χ0v) is 19.2. The number of carbonyl (C=O) groups is 1. The van der Waals surface area contributed by atoms with Crippen molar-refractivity contribution in [3.8, 4) is 0 Å². The smallest absolute Gasteiger partial charge is 0.319 e. The van der Waals surface area contributed by atoms with Gasteiger partial charge in [-0.25, -0.2) is 13.2 Å². The average Bonchev–Trinajstić information content (AvgIpc) is 2.75. The number of nitrogens with one attached hydrogen (secondary N) is 2. The molecule has 3 N–H and O–H groups in total. The maximum atomic E-state index is 12.7. The van der Waals surface area contributed by atoms with Gasteiger partial charge in [-0.3, -0.25) is 0 Å². The molecule has 0 aliphatic heterocycles. The summed E-state index contributed by atoms with van der Waals surface area (Å²) in [5.41, 5.74) is 2.89. The van der Waals surface area contributed by atoms with E-state index in [1.165, 1.54) is 12.1 Å². The lowest BCUT2D eigenvalue weighted by atomic mass is 10.1. The highest BCUT2D eigenvalue weighted by atomic mass is 35.5. The summed E-state index contributed by atoms with van der Waals surface area (Å²) in [5.74, 6) is -0.130. The molecular formula is C24H25ClN2O4S. The van der Waals surface area contributed by atoms with Crippen molar-refractivity contribution in [2.24, 2.45) is 0 Å². The van der Waals surface area contributed by atoms with Crippen molar-refractivity contribution in [1.29, 1.82) is 0 Å². The third kappa shape index (κ3) is 6.32. The van der Waals surface area contributed by atoms with Crippen LogP contribution in [0.2, 0.25) is 5.02 Å². The fourth-order valence-corrected chi connectivity index (χ4v) is 4.90. The summed E-state index contributed by atoms with van der Waals surface area (Å²) in [6.07, 6.45) is 0.534. The van der Waals surface area contributed by atoms with E-state index in [0.29, 0.717) is 22.7 Å². The molecule has 0 saturated carbocycles. The summed E-state index contributed by atoms with van der Waals surface area (Å²) in [5, 5.41) is 15.1. The molecular weight excluding hydrogens is 448 g/mol. The first-order valence-electron chi connectivity index (χ1n) is 10.1. The Morgan fingerprint density at radius 2 is 1.59 bits per heavy atom. The molecule has 3 aromatic carbocycles. The molecule has 3 rings (SSSR count). The number of aliphatic hydroxyl groups is 1. The van der Waals surface area contributed by atoms with Gasteiger partial charge in [0.05, 0.1) is 16.7 Å². The summed E-state index contributed by atoms with van der Waals surface area (Å²) < 4.78 is 25.5. The predicted molar refractivity (Wildman–Crippen MR) is 127 cm³/mol. The lowest BCUT2D eigenvalue weighted by Gasteiger charge is -2.16. The highest BCUT2D eigenvalue weighted by Gasteiger charge is 2.16. The summed E-state index contributed by atoms with van der Waals surface area (Å²) in [6, 6.07) is 19.7. The number of rotatable bonds is 8. The van der Waals surface area contributed by atoms with Crippen molar-refractivity contribution in [3.63, 3.8) is 0 Å². The van der Waals surface area contributed by atoms with Gasteiger partial charge in [-0.2, -0.15) is 0 Å². The van der Waals surface area contributed by atoms with E-state index in [2.05, 4.69) is 10.6 Å². The van der Waals surface area contributed by atoms with E-state index in [1.807, 2.05) is 37.3 Å². The topological polar surface area (TPSA) is 95.5 Å². The van der Waals surface area contributed by atoms with Gasteiger partial charge in [0.25, 0.3) is 0 Å². The molecule has 0 bridgehead atoms. The summed E-state index contributed by atoms with van der Waals surface area (Å²) in [4.78, 5) is 12.5. The lowest BCUT2D eigenvalue weighted by molar-refractivity contribution is 0.249. The number of anilines is 1. The number of aliphatic hydroxyl groups excluding tert-OH is 1. The van der Waals surface area contributed by atoms with Crippen LogP contribution in [0.5, 0.6) is 0 Å². The minimum absolute atomic E-state index is 0.0506. The Bertz CT molecular complexity index is 1160. The van der Waals surface area contributed by atoms with Crippen LogP contribution in [0.4, 0.5) is 10.5 Å². The number of hydrogen-bond donors (Lipinski definition) is 3. The minimum Gasteiger partial charge on any atom is -0.396 e. The van der Waals surface area contributed by atoms with Gasteiger partial charge in [-0.15, -0.1) is 0 Å². The van der Waals surface area contributed by atoms with Gasteiger partial charge in [0.1, 0.15) is 0 Å². The lowest BCUT2D eigenvalue weighted by Crippen LogP contribution is -2.31. The first-order chi connectivity index (χ1) is 15.3. The Hall–Kier alpha value is -2.87. The van der Waals surface area contributed by atoms with Crippen molar-refractivity contribution < 1.29 is 18.3 Å². The molecule has 0 saturated heterocycles. The highest BCUT2D eigenvalue weighted by Crippen LogP contribution is 2.23. The van der Waals surface area contributed by atoms with E-state index in [0.717, 1.165) is 11.1 Å². The van der Waals surface area contributed by atoms with Crippen LogP contribution in [0.25, 0.3) is 0 Å². The van der Waals surface area contributed by atoms with Gasteiger partial charge in [0, 0.05) is 17.3 Å². The van der Waals surface area contributed by atoms with E-state index < -0.39 is 15.9 Å². The Morgan fingerprint density at radius 3 is 2.22 bits per heavy atom. The minimum atomic E-state index is -3.54. The number of urea groups is 1. The molecule has 3 aromatic rings. The highest BCUT2D eigenvalue weighted by molar-refractivity contribution is 7.90. The average molecular weight is 473 g/mol. The fourth-order valence-electron chi connectivity index (χ4n) is 3.25. The van der Waals surface area contributed by atoms with Gasteiger partial charge in [-0.05, 0) is 60.4 Å². The molecule has 0 aliphatic carbocycles. The third-order valence-electron chi connectivity index (χ3n) is 4.97. The maximum Gasteiger partial charge on any atom is 0.319 e. The number of halogens is 1. The fraction of sp³-hybridized carbons (Fsp3) is 0.208. The molecule has 0 aliphatic rings. The Morgan fingerprint density at radius 1 is 0.969 bits per heavy atom. The summed E-state index contributed by atoms with van der Waals surface area (Å²) in [7, 11) is -3.54. The van der Waals surface area contributed by atoms with Crippen LogP contribution in [-0.2, 0) is 22.0 Å². The van der Waals surface area contributed by atoms with Gasteiger partial charge in [0.15, 0.2) is 9.84 Å².